The average molecular weight is 480 g/mol. The van der Waals surface area contributed by atoms with Gasteiger partial charge in [-0.25, -0.2) is 0 Å². The molecule has 5 rings (SSSR count). The van der Waals surface area contributed by atoms with Gasteiger partial charge < -0.3 is 4.57 Å². The highest BCUT2D eigenvalue weighted by Crippen LogP contribution is 2.41. The molecule has 0 saturated carbocycles. The van der Waals surface area contributed by atoms with E-state index in [1.807, 2.05) is 22.7 Å². The van der Waals surface area contributed by atoms with E-state index in [0.29, 0.717) is 0 Å². The number of unbranched alkanes of at least 4 members (excludes halogenated alkanes) is 3. The fourth-order valence-electron chi connectivity index (χ4n) is 3.86. The summed E-state index contributed by atoms with van der Waals surface area (Å²) in [5.74, 6) is 0. The van der Waals surface area contributed by atoms with Gasteiger partial charge in [0.2, 0.25) is 0 Å². The molecule has 0 radical (unpaired) electrons. The second-order valence-corrected chi connectivity index (χ2v) is 11.8. The third kappa shape index (κ3) is 4.65. The Bertz CT molecular complexity index is 1210. The normalized spacial score (nSPS) is 12.4. The molecule has 31 heavy (non-hydrogen) atoms. The largest absolute Gasteiger partial charge is 0.339 e. The van der Waals surface area contributed by atoms with Gasteiger partial charge in [-0.05, 0) is 65.8 Å². The van der Waals surface area contributed by atoms with Crippen molar-refractivity contribution in [2.75, 3.05) is 0 Å². The molecule has 0 amide bonds. The van der Waals surface area contributed by atoms with E-state index in [0.717, 1.165) is 6.54 Å². The molecule has 5 heteroatoms. The molecular weight excluding hydrogens is 455 g/mol. The van der Waals surface area contributed by atoms with Crippen LogP contribution in [0.5, 0.6) is 0 Å². The Kier molecular flexibility index (Phi) is 6.55. The van der Waals surface area contributed by atoms with Crippen molar-refractivity contribution in [3.63, 3.8) is 0 Å². The Morgan fingerprint density at radius 3 is 1.74 bits per heavy atom. The molecule has 0 atom stereocenters. The second kappa shape index (κ2) is 9.70. The number of hydrogen-bond donors (Lipinski definition) is 0. The van der Waals surface area contributed by atoms with Crippen molar-refractivity contribution >= 4 is 90.1 Å². The van der Waals surface area contributed by atoms with Crippen molar-refractivity contribution in [2.24, 2.45) is 0 Å². The Balaban J connectivity index is 1.51. The van der Waals surface area contributed by atoms with Crippen molar-refractivity contribution in [3.05, 3.63) is 66.7 Å². The highest BCUT2D eigenvalue weighted by atomic mass is 32.1. The molecule has 0 saturated heterocycles. The number of fused-ring (bicyclic) bond motifs is 3. The summed E-state index contributed by atoms with van der Waals surface area (Å²) in [4.78, 5) is 5.30. The summed E-state index contributed by atoms with van der Waals surface area (Å²) in [6, 6.07) is 13.3. The number of nitrogens with zero attached hydrogens (tertiary/aromatic N) is 1. The molecule has 0 fully saturated rings. The van der Waals surface area contributed by atoms with Crippen molar-refractivity contribution < 1.29 is 0 Å². The van der Waals surface area contributed by atoms with Gasteiger partial charge in [0.25, 0.3) is 0 Å². The zero-order valence-corrected chi connectivity index (χ0v) is 20.8. The van der Waals surface area contributed by atoms with Gasteiger partial charge in [-0.15, -0.1) is 45.3 Å². The molecule has 5 aromatic rings. The lowest BCUT2D eigenvalue weighted by molar-refractivity contribution is 0.602. The predicted octanol–water partition coefficient (Wildman–Crippen LogP) is 9.96. The maximum atomic E-state index is 2.57. The van der Waals surface area contributed by atoms with Crippen molar-refractivity contribution in [1.29, 1.82) is 0 Å². The third-order valence-corrected chi connectivity index (χ3v) is 9.41. The number of hydrogen-bond acceptors (Lipinski definition) is 4. The Morgan fingerprint density at radius 2 is 1.26 bits per heavy atom. The zero-order chi connectivity index (χ0) is 21.0. The van der Waals surface area contributed by atoms with Crippen LogP contribution in [0, 0.1) is 0 Å². The van der Waals surface area contributed by atoms with E-state index in [2.05, 4.69) is 83.0 Å². The summed E-state index contributed by atoms with van der Waals surface area (Å²) >= 11 is 7.43. The molecule has 1 nitrogen and oxygen atoms in total. The fourth-order valence-corrected chi connectivity index (χ4v) is 7.37. The lowest BCUT2D eigenvalue weighted by atomic mass is 10.2. The highest BCUT2D eigenvalue weighted by Gasteiger charge is 2.16. The number of aromatic nitrogens is 1. The van der Waals surface area contributed by atoms with E-state index in [-0.39, 0.29) is 0 Å². The van der Waals surface area contributed by atoms with Crippen LogP contribution in [0.4, 0.5) is 0 Å². The number of aryl methyl sites for hydroxylation is 1. The Hall–Kier alpha value is -1.92. The van der Waals surface area contributed by atoms with Gasteiger partial charge in [0, 0.05) is 26.1 Å². The SMILES string of the molecule is CCCCCCn1c2cc(C=Cc3cccs3)sc2c2sc(C=Cc3cccs3)cc21. The number of thiophene rings is 4. The minimum Gasteiger partial charge on any atom is -0.339 e. The van der Waals surface area contributed by atoms with E-state index >= 15 is 0 Å². The van der Waals surface area contributed by atoms with Crippen LogP contribution in [0.3, 0.4) is 0 Å². The van der Waals surface area contributed by atoms with Gasteiger partial charge in [-0.2, -0.15) is 0 Å². The molecule has 5 heterocycles. The van der Waals surface area contributed by atoms with Crippen LogP contribution < -0.4 is 0 Å². The number of rotatable bonds is 9. The highest BCUT2D eigenvalue weighted by molar-refractivity contribution is 7.28. The smallest absolute Gasteiger partial charge is 0.0707 e. The second-order valence-electron chi connectivity index (χ2n) is 7.64. The summed E-state index contributed by atoms with van der Waals surface area (Å²) in [6.07, 6.45) is 14.2. The first-order chi connectivity index (χ1) is 15.3. The van der Waals surface area contributed by atoms with Crippen molar-refractivity contribution in [1.82, 2.24) is 4.57 Å². The molecule has 0 aromatic carbocycles. The van der Waals surface area contributed by atoms with Crippen LogP contribution in [0.25, 0.3) is 44.7 Å². The van der Waals surface area contributed by atoms with E-state index in [1.165, 1.54) is 65.6 Å². The Morgan fingerprint density at radius 1 is 0.710 bits per heavy atom. The first kappa shape index (κ1) is 21.0. The van der Waals surface area contributed by atoms with Gasteiger partial charge in [-0.1, -0.05) is 38.3 Å². The van der Waals surface area contributed by atoms with Crippen LogP contribution >= 0.6 is 45.3 Å². The van der Waals surface area contributed by atoms with Crippen LogP contribution in [0.1, 0.15) is 52.1 Å². The third-order valence-electron chi connectivity index (χ3n) is 5.40. The summed E-state index contributed by atoms with van der Waals surface area (Å²) in [6.45, 7) is 3.39. The standard InChI is InChI=1S/C26H25NS4/c1-2-3-4-5-14-27-23-17-21(12-10-19-8-6-15-28-19)30-25(23)26-24(27)18-22(31-26)13-11-20-9-7-16-29-20/h6-13,15-18H,2-5,14H2,1H3. The molecule has 0 unspecified atom stereocenters. The maximum absolute atomic E-state index is 2.57. The first-order valence-corrected chi connectivity index (χ1v) is 14.2. The molecule has 0 aliphatic heterocycles. The van der Waals surface area contributed by atoms with Crippen LogP contribution in [0.2, 0.25) is 0 Å². The van der Waals surface area contributed by atoms with Gasteiger partial charge in [-0.3, -0.25) is 0 Å². The summed E-state index contributed by atoms with van der Waals surface area (Å²) in [5, 5.41) is 4.27. The molecular formula is C26H25NS4. The fraction of sp³-hybridized carbons (Fsp3) is 0.231. The molecule has 0 N–H and O–H groups in total. The molecule has 0 spiro atoms. The van der Waals surface area contributed by atoms with Crippen molar-refractivity contribution in [2.45, 2.75) is 39.2 Å². The van der Waals surface area contributed by atoms with Crippen molar-refractivity contribution in [3.8, 4) is 0 Å². The van der Waals surface area contributed by atoms with E-state index < -0.39 is 0 Å². The monoisotopic (exact) mass is 479 g/mol. The lowest BCUT2D eigenvalue weighted by Crippen LogP contribution is -1.96. The van der Waals surface area contributed by atoms with Crippen LogP contribution in [0.15, 0.2) is 47.2 Å². The van der Waals surface area contributed by atoms with Crippen LogP contribution in [-0.4, -0.2) is 4.57 Å². The van der Waals surface area contributed by atoms with Gasteiger partial charge in [0.05, 0.1) is 20.4 Å². The summed E-state index contributed by atoms with van der Waals surface area (Å²) < 4.78 is 5.45. The maximum Gasteiger partial charge on any atom is 0.0707 e. The molecule has 5 aromatic heterocycles. The van der Waals surface area contributed by atoms with E-state index in [1.54, 1.807) is 22.7 Å². The van der Waals surface area contributed by atoms with Gasteiger partial charge in [0.15, 0.2) is 0 Å². The molecule has 0 aliphatic rings. The predicted molar refractivity (Wildman–Crippen MR) is 146 cm³/mol. The summed E-state index contributed by atoms with van der Waals surface area (Å²) in [7, 11) is 0. The Labute approximate surface area is 199 Å². The zero-order valence-electron chi connectivity index (χ0n) is 17.5. The molecule has 0 aliphatic carbocycles. The van der Waals surface area contributed by atoms with Crippen LogP contribution in [-0.2, 0) is 6.54 Å². The molecule has 0 bridgehead atoms. The topological polar surface area (TPSA) is 4.93 Å². The molecule has 158 valence electrons. The van der Waals surface area contributed by atoms with E-state index in [4.69, 9.17) is 0 Å². The van der Waals surface area contributed by atoms with E-state index in [9.17, 15) is 0 Å². The van der Waals surface area contributed by atoms with Gasteiger partial charge in [0.1, 0.15) is 0 Å². The lowest BCUT2D eigenvalue weighted by Gasteiger charge is -2.05. The minimum absolute atomic E-state index is 1.11. The first-order valence-electron chi connectivity index (χ1n) is 10.8. The minimum atomic E-state index is 1.11. The quantitative estimate of drug-likeness (QED) is 0.185. The summed E-state index contributed by atoms with van der Waals surface area (Å²) in [5.41, 5.74) is 2.81. The van der Waals surface area contributed by atoms with Gasteiger partial charge >= 0.3 is 0 Å². The average Bonchev–Trinajstić information content (AvgIpc) is 3.58.